The van der Waals surface area contributed by atoms with Crippen LogP contribution in [0.3, 0.4) is 0 Å². The lowest BCUT2D eigenvalue weighted by Crippen LogP contribution is -2.52. The van der Waals surface area contributed by atoms with Gasteiger partial charge in [0.25, 0.3) is 0 Å². The molecule has 1 fully saturated rings. The molecule has 0 N–H and O–H groups in total. The highest BCUT2D eigenvalue weighted by Gasteiger charge is 2.50. The van der Waals surface area contributed by atoms with Gasteiger partial charge in [-0.25, -0.2) is 23.5 Å². The first-order chi connectivity index (χ1) is 7.70. The van der Waals surface area contributed by atoms with Gasteiger partial charge < -0.3 is 0 Å². The first-order valence-electron chi connectivity index (χ1n) is 5.78. The molecule has 0 saturated heterocycles. The van der Waals surface area contributed by atoms with Crippen LogP contribution in [0.15, 0.2) is 21.7 Å². The zero-order valence-corrected chi connectivity index (χ0v) is 9.04. The van der Waals surface area contributed by atoms with Crippen LogP contribution in [0.2, 0.25) is 0 Å². The van der Waals surface area contributed by atoms with E-state index in [4.69, 9.17) is 0 Å². The summed E-state index contributed by atoms with van der Waals surface area (Å²) in [4.78, 5) is 23.9. The molecule has 0 unspecified atom stereocenters. The predicted molar refractivity (Wildman–Crippen MR) is 57.4 cm³/mol. The Kier molecular flexibility index (Phi) is 1.30. The second-order valence-electron chi connectivity index (χ2n) is 5.08. The first-order valence-corrected chi connectivity index (χ1v) is 5.78. The van der Waals surface area contributed by atoms with E-state index in [1.807, 2.05) is 0 Å². The second kappa shape index (κ2) is 2.42. The largest absolute Gasteiger partial charge is 0.347 e. The van der Waals surface area contributed by atoms with E-state index < -0.39 is 0 Å². The molecule has 0 amide bonds. The van der Waals surface area contributed by atoms with Crippen molar-refractivity contribution in [2.75, 3.05) is 0 Å². The van der Waals surface area contributed by atoms with Crippen molar-refractivity contribution in [3.63, 3.8) is 0 Å². The molecule has 5 heteroatoms. The minimum atomic E-state index is -0.172. The molecule has 5 rings (SSSR count). The Morgan fingerprint density at radius 3 is 1.81 bits per heavy atom. The molecule has 0 radical (unpaired) electrons. The van der Waals surface area contributed by atoms with Gasteiger partial charge in [-0.3, -0.25) is 0 Å². The zero-order valence-electron chi connectivity index (χ0n) is 9.04. The van der Waals surface area contributed by atoms with Crippen molar-refractivity contribution in [2.24, 2.45) is 18.9 Å². The van der Waals surface area contributed by atoms with Crippen molar-refractivity contribution in [1.82, 2.24) is 13.9 Å². The second-order valence-corrected chi connectivity index (χ2v) is 5.08. The Balaban J connectivity index is 2.10. The van der Waals surface area contributed by atoms with Gasteiger partial charge in [-0.1, -0.05) is 12.2 Å². The quantitative estimate of drug-likeness (QED) is 0.578. The van der Waals surface area contributed by atoms with Gasteiger partial charge >= 0.3 is 11.4 Å². The van der Waals surface area contributed by atoms with Gasteiger partial charge in [-0.2, -0.15) is 0 Å². The third kappa shape index (κ3) is 0.700. The smallest absolute Gasteiger partial charge is 0.246 e. The maximum absolute atomic E-state index is 12.0. The average molecular weight is 219 g/mol. The summed E-state index contributed by atoms with van der Waals surface area (Å²) in [6, 6.07) is 0.232. The van der Waals surface area contributed by atoms with Gasteiger partial charge in [0, 0.05) is 7.05 Å². The Morgan fingerprint density at radius 2 is 1.44 bits per heavy atom. The molecule has 5 nitrogen and oxygen atoms in total. The van der Waals surface area contributed by atoms with Crippen LogP contribution < -0.4 is 11.4 Å². The minimum Gasteiger partial charge on any atom is -0.246 e. The molecule has 4 atom stereocenters. The summed E-state index contributed by atoms with van der Waals surface area (Å²) >= 11 is 0. The molecule has 1 aromatic rings. The summed E-state index contributed by atoms with van der Waals surface area (Å²) in [6.45, 7) is 0. The third-order valence-corrected chi connectivity index (χ3v) is 4.53. The number of nitrogens with zero attached hydrogens (tertiary/aromatic N) is 3. The fourth-order valence-corrected chi connectivity index (χ4v) is 3.55. The van der Waals surface area contributed by atoms with Crippen LogP contribution in [0.1, 0.15) is 24.9 Å². The van der Waals surface area contributed by atoms with E-state index in [1.165, 1.54) is 17.4 Å². The molecule has 16 heavy (non-hydrogen) atoms. The topological polar surface area (TPSA) is 48.9 Å². The van der Waals surface area contributed by atoms with Crippen molar-refractivity contribution in [3.05, 3.63) is 33.1 Å². The summed E-state index contributed by atoms with van der Waals surface area (Å²) in [5, 5.41) is 0. The Bertz CT molecular complexity index is 567. The van der Waals surface area contributed by atoms with Crippen molar-refractivity contribution in [3.8, 4) is 0 Å². The molecule has 84 valence electrons. The van der Waals surface area contributed by atoms with Crippen molar-refractivity contribution in [2.45, 2.75) is 24.9 Å². The molecular formula is C11H13N3O2. The van der Waals surface area contributed by atoms with Crippen LogP contribution in [0.5, 0.6) is 0 Å². The molecule has 2 aliphatic heterocycles. The Hall–Kier alpha value is -1.52. The maximum atomic E-state index is 12.0. The molecule has 0 aromatic carbocycles. The van der Waals surface area contributed by atoms with Gasteiger partial charge in [0.1, 0.15) is 0 Å². The number of hydrogen-bond acceptors (Lipinski definition) is 2. The molecule has 1 saturated carbocycles. The van der Waals surface area contributed by atoms with Crippen molar-refractivity contribution in [1.29, 1.82) is 0 Å². The van der Waals surface area contributed by atoms with E-state index in [-0.39, 0.29) is 23.5 Å². The number of allylic oxidation sites excluding steroid dienone is 2. The Morgan fingerprint density at radius 1 is 1.00 bits per heavy atom. The summed E-state index contributed by atoms with van der Waals surface area (Å²) < 4.78 is 4.54. The monoisotopic (exact) mass is 219 g/mol. The van der Waals surface area contributed by atoms with Crippen LogP contribution in [0.4, 0.5) is 0 Å². The van der Waals surface area contributed by atoms with E-state index >= 15 is 0 Å². The van der Waals surface area contributed by atoms with E-state index in [9.17, 15) is 9.59 Å². The maximum Gasteiger partial charge on any atom is 0.347 e. The standard InChI is InChI=1S/C11H13N3O2/c1-12-10(15)13-8-4-5-9(14(13)11(12)16)7-3-2-6(7)8/h4-9H,2-3H2,1H3/t6-,7-,8-,9-/m0/s1. The molecule has 1 aromatic heterocycles. The summed E-state index contributed by atoms with van der Waals surface area (Å²) in [7, 11) is 1.56. The highest BCUT2D eigenvalue weighted by atomic mass is 16.2. The van der Waals surface area contributed by atoms with E-state index in [0.29, 0.717) is 11.8 Å². The van der Waals surface area contributed by atoms with Gasteiger partial charge in [-0.15, -0.1) is 0 Å². The highest BCUT2D eigenvalue weighted by molar-refractivity contribution is 5.17. The van der Waals surface area contributed by atoms with Crippen LogP contribution >= 0.6 is 0 Å². The molecule has 2 bridgehead atoms. The van der Waals surface area contributed by atoms with E-state index in [1.54, 1.807) is 16.4 Å². The van der Waals surface area contributed by atoms with Crippen LogP contribution in [-0.4, -0.2) is 13.9 Å². The molecule has 0 spiro atoms. The van der Waals surface area contributed by atoms with Gasteiger partial charge in [-0.05, 0) is 24.7 Å². The lowest BCUT2D eigenvalue weighted by atomic mass is 9.62. The first kappa shape index (κ1) is 8.61. The lowest BCUT2D eigenvalue weighted by Gasteiger charge is -2.52. The molecule has 3 heterocycles. The Labute approximate surface area is 91.6 Å². The van der Waals surface area contributed by atoms with Crippen molar-refractivity contribution >= 4 is 0 Å². The predicted octanol–water partition coefficient (Wildman–Crippen LogP) is 0.0403. The number of rotatable bonds is 0. The lowest BCUT2D eigenvalue weighted by molar-refractivity contribution is 0.0154. The van der Waals surface area contributed by atoms with Crippen LogP contribution in [0, 0.1) is 11.8 Å². The summed E-state index contributed by atoms with van der Waals surface area (Å²) in [6.07, 6.45) is 6.58. The van der Waals surface area contributed by atoms with E-state index in [2.05, 4.69) is 12.2 Å². The number of aromatic nitrogens is 3. The number of hydrogen-bond donors (Lipinski definition) is 0. The highest BCUT2D eigenvalue weighted by Crippen LogP contribution is 2.53. The SMILES string of the molecule is Cn1c(=O)n2n(c1=O)[C@H]1C=C[C@H]2[C@H]2CC[C@@H]21. The fourth-order valence-electron chi connectivity index (χ4n) is 3.55. The molecule has 4 aliphatic rings. The van der Waals surface area contributed by atoms with E-state index in [0.717, 1.165) is 0 Å². The fraction of sp³-hybridized carbons (Fsp3) is 0.636. The van der Waals surface area contributed by atoms with Crippen molar-refractivity contribution < 1.29 is 0 Å². The molecular weight excluding hydrogens is 206 g/mol. The van der Waals surface area contributed by atoms with Gasteiger partial charge in [0.2, 0.25) is 0 Å². The summed E-state index contributed by atoms with van der Waals surface area (Å²) in [5.41, 5.74) is -0.343. The summed E-state index contributed by atoms with van der Waals surface area (Å²) in [5.74, 6) is 1.16. The average Bonchev–Trinajstić information content (AvgIpc) is 2.45. The third-order valence-electron chi connectivity index (χ3n) is 4.53. The van der Waals surface area contributed by atoms with Crippen LogP contribution in [0.25, 0.3) is 0 Å². The van der Waals surface area contributed by atoms with Crippen LogP contribution in [-0.2, 0) is 7.05 Å². The zero-order chi connectivity index (χ0) is 11.0. The minimum absolute atomic E-state index is 0.116. The van der Waals surface area contributed by atoms with Gasteiger partial charge in [0.15, 0.2) is 0 Å². The molecule has 2 aliphatic carbocycles. The van der Waals surface area contributed by atoms with Gasteiger partial charge in [0.05, 0.1) is 12.1 Å². The normalized spacial score (nSPS) is 38.1.